The van der Waals surface area contributed by atoms with E-state index in [1.165, 1.54) is 40.6 Å². The predicted octanol–water partition coefficient (Wildman–Crippen LogP) is 4.14. The fourth-order valence-electron chi connectivity index (χ4n) is 6.43. The molecule has 2 fully saturated rings. The maximum atomic E-state index is 11.8. The molecule has 0 unspecified atom stereocenters. The number of benzene rings is 2. The molecular formula is C31H37N7O3. The van der Waals surface area contributed by atoms with E-state index in [1.54, 1.807) is 0 Å². The number of ether oxygens (including phenoxy) is 1. The minimum Gasteiger partial charge on any atom is -0.465 e. The average molecular weight is 556 g/mol. The van der Waals surface area contributed by atoms with Gasteiger partial charge in [0, 0.05) is 49.4 Å². The summed E-state index contributed by atoms with van der Waals surface area (Å²) < 4.78 is 6.19. The van der Waals surface area contributed by atoms with E-state index < -0.39 is 12.1 Å². The van der Waals surface area contributed by atoms with Crippen molar-refractivity contribution in [2.45, 2.75) is 44.7 Å². The van der Waals surface area contributed by atoms with Gasteiger partial charge in [-0.3, -0.25) is 4.90 Å². The van der Waals surface area contributed by atoms with E-state index in [0.29, 0.717) is 38.8 Å². The predicted molar refractivity (Wildman–Crippen MR) is 157 cm³/mol. The SMILES string of the molecule is N#CC[C@H]1CN(c2nc(OCCN3CCCCC3)nc3c2CCN(c2cccc4ccccc24)C3)CCN1C(=O)O. The van der Waals surface area contributed by atoms with Gasteiger partial charge in [-0.25, -0.2) is 4.79 Å². The smallest absolute Gasteiger partial charge is 0.407 e. The van der Waals surface area contributed by atoms with E-state index in [-0.39, 0.29) is 6.42 Å². The van der Waals surface area contributed by atoms with Crippen molar-refractivity contribution in [1.82, 2.24) is 19.8 Å². The second kappa shape index (κ2) is 12.2. The second-order valence-corrected chi connectivity index (χ2v) is 11.1. The van der Waals surface area contributed by atoms with Gasteiger partial charge in [0.2, 0.25) is 0 Å². The Labute approximate surface area is 240 Å². The van der Waals surface area contributed by atoms with Crippen molar-refractivity contribution < 1.29 is 14.6 Å². The molecule has 2 saturated heterocycles. The van der Waals surface area contributed by atoms with Gasteiger partial charge in [0.1, 0.15) is 12.4 Å². The highest BCUT2D eigenvalue weighted by Crippen LogP contribution is 2.34. The molecular weight excluding hydrogens is 518 g/mol. The van der Waals surface area contributed by atoms with Crippen LogP contribution in [0.5, 0.6) is 6.01 Å². The van der Waals surface area contributed by atoms with Crippen molar-refractivity contribution in [2.75, 3.05) is 62.2 Å². The van der Waals surface area contributed by atoms with Gasteiger partial charge >= 0.3 is 12.1 Å². The molecule has 0 saturated carbocycles. The highest BCUT2D eigenvalue weighted by Gasteiger charge is 2.34. The Balaban J connectivity index is 1.29. The maximum absolute atomic E-state index is 11.8. The molecule has 3 aliphatic rings. The van der Waals surface area contributed by atoms with Crippen LogP contribution in [0.2, 0.25) is 0 Å². The molecule has 6 rings (SSSR count). The molecule has 10 nitrogen and oxygen atoms in total. The first-order valence-corrected chi connectivity index (χ1v) is 14.7. The number of amides is 1. The first-order valence-electron chi connectivity index (χ1n) is 14.7. The van der Waals surface area contributed by atoms with Crippen LogP contribution >= 0.6 is 0 Å². The van der Waals surface area contributed by atoms with Crippen molar-refractivity contribution >= 4 is 28.4 Å². The normalized spacial score (nSPS) is 19.6. The molecule has 0 radical (unpaired) electrons. The Kier molecular flexibility index (Phi) is 8.05. The Morgan fingerprint density at radius 2 is 1.83 bits per heavy atom. The number of carbonyl (C=O) groups is 1. The Bertz CT molecular complexity index is 1430. The molecule has 2 aromatic carbocycles. The van der Waals surface area contributed by atoms with Crippen LogP contribution in [0.3, 0.4) is 0 Å². The second-order valence-electron chi connectivity index (χ2n) is 11.1. The van der Waals surface area contributed by atoms with E-state index in [9.17, 15) is 15.2 Å². The number of piperazine rings is 1. The topological polar surface area (TPSA) is 109 Å². The van der Waals surface area contributed by atoms with Crippen molar-refractivity contribution in [2.24, 2.45) is 0 Å². The Hall–Kier alpha value is -4.10. The van der Waals surface area contributed by atoms with Crippen molar-refractivity contribution in [3.8, 4) is 12.1 Å². The van der Waals surface area contributed by atoms with Crippen molar-refractivity contribution in [3.05, 3.63) is 53.7 Å². The maximum Gasteiger partial charge on any atom is 0.407 e. The van der Waals surface area contributed by atoms with Crippen LogP contribution in [0.1, 0.15) is 36.9 Å². The quantitative estimate of drug-likeness (QED) is 0.460. The van der Waals surface area contributed by atoms with Crippen LogP contribution in [0, 0.1) is 11.3 Å². The molecule has 3 aromatic rings. The number of hydrogen-bond acceptors (Lipinski definition) is 8. The number of nitriles is 1. The number of piperidine rings is 1. The van der Waals surface area contributed by atoms with Crippen LogP contribution in [-0.4, -0.2) is 89.4 Å². The summed E-state index contributed by atoms with van der Waals surface area (Å²) in [7, 11) is 0. The lowest BCUT2D eigenvalue weighted by Gasteiger charge is -2.41. The first kappa shape index (κ1) is 27.1. The highest BCUT2D eigenvalue weighted by atomic mass is 16.5. The van der Waals surface area contributed by atoms with Crippen LogP contribution < -0.4 is 14.5 Å². The number of anilines is 2. The highest BCUT2D eigenvalue weighted by molar-refractivity contribution is 5.94. The summed E-state index contributed by atoms with van der Waals surface area (Å²) in [5.41, 5.74) is 3.22. The first-order chi connectivity index (χ1) is 20.1. The summed E-state index contributed by atoms with van der Waals surface area (Å²) in [6.45, 7) is 6.30. The molecule has 3 aliphatic heterocycles. The van der Waals surface area contributed by atoms with Crippen LogP contribution in [0.15, 0.2) is 42.5 Å². The van der Waals surface area contributed by atoms with E-state index in [0.717, 1.165) is 49.7 Å². The molecule has 4 heterocycles. The van der Waals surface area contributed by atoms with Gasteiger partial charge in [-0.15, -0.1) is 0 Å². The van der Waals surface area contributed by atoms with Crippen LogP contribution in [0.4, 0.5) is 16.3 Å². The summed E-state index contributed by atoms with van der Waals surface area (Å²) in [6, 6.07) is 17.0. The zero-order valence-electron chi connectivity index (χ0n) is 23.4. The average Bonchev–Trinajstić information content (AvgIpc) is 3.00. The van der Waals surface area contributed by atoms with Gasteiger partial charge in [-0.2, -0.15) is 15.2 Å². The third kappa shape index (κ3) is 5.86. The van der Waals surface area contributed by atoms with E-state index >= 15 is 0 Å². The van der Waals surface area contributed by atoms with Crippen LogP contribution in [0.25, 0.3) is 10.8 Å². The molecule has 41 heavy (non-hydrogen) atoms. The summed E-state index contributed by atoms with van der Waals surface area (Å²) in [5, 5.41) is 21.5. The third-order valence-corrected chi connectivity index (χ3v) is 8.57. The summed E-state index contributed by atoms with van der Waals surface area (Å²) in [6.07, 6.45) is 3.69. The van der Waals surface area contributed by atoms with Gasteiger partial charge in [0.25, 0.3) is 0 Å². The number of hydrogen-bond donors (Lipinski definition) is 1. The zero-order chi connectivity index (χ0) is 28.2. The minimum atomic E-state index is -0.984. The lowest BCUT2D eigenvalue weighted by molar-refractivity contribution is 0.119. The van der Waals surface area contributed by atoms with Gasteiger partial charge in [0.05, 0.1) is 30.8 Å². The number of aromatic nitrogens is 2. The molecule has 0 bridgehead atoms. The number of carboxylic acid groups (broad SMARTS) is 1. The summed E-state index contributed by atoms with van der Waals surface area (Å²) in [5.74, 6) is 0.813. The molecule has 1 aromatic heterocycles. The molecule has 1 amide bonds. The molecule has 1 atom stereocenters. The van der Waals surface area contributed by atoms with Gasteiger partial charge in [-0.1, -0.05) is 42.8 Å². The lowest BCUT2D eigenvalue weighted by atomic mass is 10.0. The number of rotatable bonds is 7. The monoisotopic (exact) mass is 555 g/mol. The van der Waals surface area contributed by atoms with E-state index in [4.69, 9.17) is 14.7 Å². The van der Waals surface area contributed by atoms with Crippen LogP contribution in [-0.2, 0) is 13.0 Å². The Morgan fingerprint density at radius 1 is 1.00 bits per heavy atom. The number of nitrogens with zero attached hydrogens (tertiary/aromatic N) is 7. The fourth-order valence-corrected chi connectivity index (χ4v) is 6.43. The van der Waals surface area contributed by atoms with Crippen molar-refractivity contribution in [3.63, 3.8) is 0 Å². The summed E-state index contributed by atoms with van der Waals surface area (Å²) in [4.78, 5) is 30.0. The molecule has 10 heteroatoms. The van der Waals surface area contributed by atoms with E-state index in [2.05, 4.69) is 63.2 Å². The number of likely N-dealkylation sites (tertiary alicyclic amines) is 1. The fraction of sp³-hybridized carbons (Fsp3) is 0.484. The molecule has 0 spiro atoms. The molecule has 1 N–H and O–H groups in total. The van der Waals surface area contributed by atoms with Crippen molar-refractivity contribution in [1.29, 1.82) is 5.26 Å². The lowest BCUT2D eigenvalue weighted by Crippen LogP contribution is -2.55. The van der Waals surface area contributed by atoms with Gasteiger partial charge in [0.15, 0.2) is 0 Å². The summed E-state index contributed by atoms with van der Waals surface area (Å²) >= 11 is 0. The van der Waals surface area contributed by atoms with Gasteiger partial charge < -0.3 is 24.5 Å². The Morgan fingerprint density at radius 3 is 2.66 bits per heavy atom. The third-order valence-electron chi connectivity index (χ3n) is 8.57. The minimum absolute atomic E-state index is 0.143. The molecule has 214 valence electrons. The van der Waals surface area contributed by atoms with E-state index in [1.807, 2.05) is 0 Å². The van der Waals surface area contributed by atoms with Gasteiger partial charge in [-0.05, 0) is 43.8 Å². The number of fused-ring (bicyclic) bond motifs is 2. The standard InChI is InChI=1S/C31H37N7O3/c32-13-11-24-21-37(17-18-38(24)31(39)40)29-26-12-16-36(28-10-6-8-23-7-2-3-9-25(23)28)22-27(26)33-30(34-29)41-20-19-35-14-4-1-5-15-35/h2-3,6-10,24H,1,4-5,11-12,14-22H2,(H,39,40)/t24-/m0/s1. The molecule has 0 aliphatic carbocycles. The zero-order valence-corrected chi connectivity index (χ0v) is 23.4. The largest absolute Gasteiger partial charge is 0.465 e.